The number of rotatable bonds is 2. The van der Waals surface area contributed by atoms with Gasteiger partial charge in [0, 0.05) is 39.1 Å². The van der Waals surface area contributed by atoms with Crippen LogP contribution in [0.2, 0.25) is 0 Å². The van der Waals surface area contributed by atoms with E-state index < -0.39 is 0 Å². The molecular formula is C14H25N3. The van der Waals surface area contributed by atoms with E-state index in [1.54, 1.807) is 0 Å². The second kappa shape index (κ2) is 7.00. The number of hydrogen-bond acceptors (Lipinski definition) is 3. The molecule has 2 heterocycles. The highest BCUT2D eigenvalue weighted by molar-refractivity contribution is 5.03. The fourth-order valence-corrected chi connectivity index (χ4v) is 2.69. The number of piperazine rings is 1. The summed E-state index contributed by atoms with van der Waals surface area (Å²) in [6.07, 6.45) is 3.81. The second-order valence-corrected chi connectivity index (χ2v) is 5.35. The van der Waals surface area contributed by atoms with E-state index in [2.05, 4.69) is 34.0 Å². The van der Waals surface area contributed by atoms with Crippen LogP contribution >= 0.6 is 0 Å². The molecule has 0 aromatic rings. The van der Waals surface area contributed by atoms with Crippen molar-refractivity contribution in [2.45, 2.75) is 19.3 Å². The zero-order chi connectivity index (χ0) is 11.9. The van der Waals surface area contributed by atoms with Gasteiger partial charge in [0.05, 0.1) is 6.54 Å². The Morgan fingerprint density at radius 1 is 1.18 bits per heavy atom. The number of nitrogens with zero attached hydrogens (tertiary/aromatic N) is 2. The standard InChI is InChI=1S/C14H25N3/c1-16-9-4-6-14(13-16)5-2-3-10-17-11-7-15-8-12-17/h14-15H,4-13H2,1H3. The summed E-state index contributed by atoms with van der Waals surface area (Å²) in [5, 5.41) is 3.37. The maximum absolute atomic E-state index is 3.38. The third kappa shape index (κ3) is 4.67. The van der Waals surface area contributed by atoms with Crippen LogP contribution < -0.4 is 5.32 Å². The molecule has 3 nitrogen and oxygen atoms in total. The molecular weight excluding hydrogens is 210 g/mol. The third-order valence-corrected chi connectivity index (χ3v) is 3.75. The van der Waals surface area contributed by atoms with Gasteiger partial charge in [0.1, 0.15) is 0 Å². The molecule has 0 spiro atoms. The van der Waals surface area contributed by atoms with Crippen LogP contribution in [-0.4, -0.2) is 62.7 Å². The molecule has 2 rings (SSSR count). The van der Waals surface area contributed by atoms with Crippen LogP contribution in [0.25, 0.3) is 0 Å². The van der Waals surface area contributed by atoms with Crippen molar-refractivity contribution < 1.29 is 0 Å². The van der Waals surface area contributed by atoms with Gasteiger partial charge in [-0.3, -0.25) is 4.90 Å². The summed E-state index contributed by atoms with van der Waals surface area (Å²) in [6.45, 7) is 8.02. The summed E-state index contributed by atoms with van der Waals surface area (Å²) in [5.41, 5.74) is 0. The van der Waals surface area contributed by atoms with Crippen molar-refractivity contribution in [3.05, 3.63) is 0 Å². The Balaban J connectivity index is 1.63. The predicted octanol–water partition coefficient (Wildman–Crippen LogP) is 0.627. The Hall–Kier alpha value is -0.560. The van der Waals surface area contributed by atoms with E-state index in [0.29, 0.717) is 0 Å². The molecule has 0 aromatic heterocycles. The Labute approximate surface area is 106 Å². The van der Waals surface area contributed by atoms with Crippen LogP contribution in [0.5, 0.6) is 0 Å². The van der Waals surface area contributed by atoms with Crippen molar-refractivity contribution in [3.63, 3.8) is 0 Å². The molecule has 96 valence electrons. The Bertz CT molecular complexity index is 273. The second-order valence-electron chi connectivity index (χ2n) is 5.35. The monoisotopic (exact) mass is 235 g/mol. The summed E-state index contributed by atoms with van der Waals surface area (Å²) in [6, 6.07) is 0. The minimum Gasteiger partial charge on any atom is -0.314 e. The molecule has 17 heavy (non-hydrogen) atoms. The zero-order valence-electron chi connectivity index (χ0n) is 11.0. The van der Waals surface area contributed by atoms with Gasteiger partial charge in [-0.15, -0.1) is 5.92 Å². The lowest BCUT2D eigenvalue weighted by Gasteiger charge is -2.28. The Kier molecular flexibility index (Phi) is 5.31. The van der Waals surface area contributed by atoms with E-state index >= 15 is 0 Å². The summed E-state index contributed by atoms with van der Waals surface area (Å²) in [7, 11) is 2.22. The number of piperidine rings is 1. The van der Waals surface area contributed by atoms with Crippen molar-refractivity contribution >= 4 is 0 Å². The number of nitrogens with one attached hydrogen (secondary N) is 1. The summed E-state index contributed by atoms with van der Waals surface area (Å²) in [4.78, 5) is 4.88. The lowest BCUT2D eigenvalue weighted by molar-refractivity contribution is 0.212. The molecule has 0 amide bonds. The normalized spacial score (nSPS) is 27.5. The first-order valence-corrected chi connectivity index (χ1v) is 6.92. The van der Waals surface area contributed by atoms with Crippen molar-refractivity contribution in [3.8, 4) is 11.8 Å². The van der Waals surface area contributed by atoms with E-state index in [9.17, 15) is 0 Å². The molecule has 1 unspecified atom stereocenters. The maximum atomic E-state index is 3.38. The highest BCUT2D eigenvalue weighted by atomic mass is 15.2. The first-order valence-electron chi connectivity index (χ1n) is 6.92. The van der Waals surface area contributed by atoms with Gasteiger partial charge in [-0.25, -0.2) is 0 Å². The molecule has 2 aliphatic heterocycles. The van der Waals surface area contributed by atoms with Crippen LogP contribution in [0.1, 0.15) is 19.3 Å². The van der Waals surface area contributed by atoms with E-state index in [1.165, 1.54) is 25.9 Å². The molecule has 2 saturated heterocycles. The van der Waals surface area contributed by atoms with Crippen LogP contribution in [-0.2, 0) is 0 Å². The highest BCUT2D eigenvalue weighted by Crippen LogP contribution is 2.17. The van der Waals surface area contributed by atoms with Gasteiger partial charge in [-0.2, -0.15) is 0 Å². The Morgan fingerprint density at radius 2 is 2.00 bits per heavy atom. The van der Waals surface area contributed by atoms with Crippen molar-refractivity contribution in [2.24, 2.45) is 5.92 Å². The Morgan fingerprint density at radius 3 is 2.76 bits per heavy atom. The van der Waals surface area contributed by atoms with Gasteiger partial charge in [0.15, 0.2) is 0 Å². The fourth-order valence-electron chi connectivity index (χ4n) is 2.69. The largest absolute Gasteiger partial charge is 0.314 e. The number of hydrogen-bond donors (Lipinski definition) is 1. The minimum absolute atomic E-state index is 0.810. The molecule has 0 radical (unpaired) electrons. The maximum Gasteiger partial charge on any atom is 0.0602 e. The van der Waals surface area contributed by atoms with E-state index in [0.717, 1.165) is 45.1 Å². The van der Waals surface area contributed by atoms with E-state index in [1.807, 2.05) is 0 Å². The quantitative estimate of drug-likeness (QED) is 0.708. The highest BCUT2D eigenvalue weighted by Gasteiger charge is 2.15. The molecule has 2 aliphatic rings. The average Bonchev–Trinajstić information content (AvgIpc) is 2.36. The van der Waals surface area contributed by atoms with Crippen LogP contribution in [0.15, 0.2) is 0 Å². The predicted molar refractivity (Wildman–Crippen MR) is 71.9 cm³/mol. The van der Waals surface area contributed by atoms with Crippen LogP contribution in [0.3, 0.4) is 0 Å². The van der Waals surface area contributed by atoms with Gasteiger partial charge >= 0.3 is 0 Å². The van der Waals surface area contributed by atoms with Gasteiger partial charge in [0.2, 0.25) is 0 Å². The van der Waals surface area contributed by atoms with E-state index in [4.69, 9.17) is 0 Å². The van der Waals surface area contributed by atoms with E-state index in [-0.39, 0.29) is 0 Å². The first-order chi connectivity index (χ1) is 8.34. The molecule has 0 aromatic carbocycles. The lowest BCUT2D eigenvalue weighted by Crippen LogP contribution is -2.43. The van der Waals surface area contributed by atoms with Gasteiger partial charge in [-0.05, 0) is 32.4 Å². The van der Waals surface area contributed by atoms with Crippen LogP contribution in [0, 0.1) is 17.8 Å². The van der Waals surface area contributed by atoms with Crippen molar-refractivity contribution in [1.29, 1.82) is 0 Å². The summed E-state index contributed by atoms with van der Waals surface area (Å²) >= 11 is 0. The third-order valence-electron chi connectivity index (χ3n) is 3.75. The zero-order valence-corrected chi connectivity index (χ0v) is 11.0. The number of likely N-dealkylation sites (tertiary alicyclic amines) is 1. The lowest BCUT2D eigenvalue weighted by atomic mass is 9.95. The molecule has 1 N–H and O–H groups in total. The average molecular weight is 235 g/mol. The topological polar surface area (TPSA) is 18.5 Å². The molecule has 0 saturated carbocycles. The molecule has 0 bridgehead atoms. The van der Waals surface area contributed by atoms with Gasteiger partial charge < -0.3 is 10.2 Å². The van der Waals surface area contributed by atoms with Crippen LogP contribution in [0.4, 0.5) is 0 Å². The molecule has 3 heteroatoms. The molecule has 0 aliphatic carbocycles. The van der Waals surface area contributed by atoms with Gasteiger partial charge in [0.25, 0.3) is 0 Å². The van der Waals surface area contributed by atoms with Crippen molar-refractivity contribution in [1.82, 2.24) is 15.1 Å². The SMILES string of the molecule is CN1CCCC(CC#CCN2CCNCC2)C1. The molecule has 1 atom stereocenters. The minimum atomic E-state index is 0.810. The summed E-state index contributed by atoms with van der Waals surface area (Å²) < 4.78 is 0. The first kappa shape index (κ1) is 12.9. The fraction of sp³-hybridized carbons (Fsp3) is 0.857. The smallest absolute Gasteiger partial charge is 0.0602 e. The van der Waals surface area contributed by atoms with Gasteiger partial charge in [-0.1, -0.05) is 5.92 Å². The molecule has 2 fully saturated rings. The summed E-state index contributed by atoms with van der Waals surface area (Å²) in [5.74, 6) is 7.54. The van der Waals surface area contributed by atoms with Crippen molar-refractivity contribution in [2.75, 3.05) is 52.9 Å².